The number of carbonyl (C=O) groups excluding carboxylic acids is 1. The van der Waals surface area contributed by atoms with Gasteiger partial charge >= 0.3 is 0 Å². The van der Waals surface area contributed by atoms with Gasteiger partial charge in [-0.15, -0.1) is 0 Å². The van der Waals surface area contributed by atoms with Crippen molar-refractivity contribution < 1.29 is 4.79 Å². The van der Waals surface area contributed by atoms with Crippen LogP contribution in [0, 0.1) is 5.92 Å². The summed E-state index contributed by atoms with van der Waals surface area (Å²) in [6, 6.07) is 0. The molecule has 0 N–H and O–H groups in total. The lowest BCUT2D eigenvalue weighted by atomic mass is 10.2. The molecule has 0 rings (SSSR count). The molecule has 0 aliphatic heterocycles. The molecule has 0 bridgehead atoms. The van der Waals surface area contributed by atoms with Gasteiger partial charge in [0.1, 0.15) is 5.78 Å². The first kappa shape index (κ1) is 10.6. The van der Waals surface area contributed by atoms with Crippen molar-refractivity contribution in [2.45, 2.75) is 27.2 Å². The van der Waals surface area contributed by atoms with Gasteiger partial charge in [-0.05, 0) is 13.0 Å². The Morgan fingerprint density at radius 2 is 2.00 bits per heavy atom. The van der Waals surface area contributed by atoms with Crippen LogP contribution in [0.2, 0.25) is 0 Å². The summed E-state index contributed by atoms with van der Waals surface area (Å²) in [6.07, 6.45) is 0.655. The van der Waals surface area contributed by atoms with Gasteiger partial charge in [0, 0.05) is 13.0 Å². The Morgan fingerprint density at radius 3 is 2.36 bits per heavy atom. The SMILES string of the molecule is CCC(=O)CN(C)CC(C)C. The molecule has 0 aromatic carbocycles. The molecule has 66 valence electrons. The number of Topliss-reactive ketones (excluding diaryl/α,β-unsaturated/α-hetero) is 1. The van der Waals surface area contributed by atoms with Gasteiger partial charge in [-0.25, -0.2) is 0 Å². The minimum absolute atomic E-state index is 0.327. The van der Waals surface area contributed by atoms with Gasteiger partial charge in [-0.1, -0.05) is 20.8 Å². The fourth-order valence-corrected chi connectivity index (χ4v) is 1.10. The van der Waals surface area contributed by atoms with Crippen molar-refractivity contribution in [3.63, 3.8) is 0 Å². The lowest BCUT2D eigenvalue weighted by molar-refractivity contribution is -0.119. The van der Waals surface area contributed by atoms with E-state index in [-0.39, 0.29) is 0 Å². The smallest absolute Gasteiger partial charge is 0.146 e. The third-order valence-corrected chi connectivity index (χ3v) is 1.52. The second-order valence-corrected chi connectivity index (χ2v) is 3.48. The highest BCUT2D eigenvalue weighted by Crippen LogP contribution is 1.95. The number of likely N-dealkylation sites (N-methyl/N-ethyl adjacent to an activating group) is 1. The molecular formula is C9H19NO. The topological polar surface area (TPSA) is 20.3 Å². The van der Waals surface area contributed by atoms with Crippen LogP contribution in [-0.4, -0.2) is 30.8 Å². The molecule has 0 unspecified atom stereocenters. The van der Waals surface area contributed by atoms with Crippen LogP contribution < -0.4 is 0 Å². The highest BCUT2D eigenvalue weighted by molar-refractivity contribution is 5.80. The van der Waals surface area contributed by atoms with E-state index in [1.54, 1.807) is 0 Å². The molecule has 11 heavy (non-hydrogen) atoms. The summed E-state index contributed by atoms with van der Waals surface area (Å²) in [5.74, 6) is 0.970. The molecule has 0 aliphatic rings. The van der Waals surface area contributed by atoms with Crippen molar-refractivity contribution in [2.24, 2.45) is 5.92 Å². The Labute approximate surface area is 69.6 Å². The van der Waals surface area contributed by atoms with Gasteiger partial charge < -0.3 is 0 Å². The van der Waals surface area contributed by atoms with Crippen molar-refractivity contribution in [1.29, 1.82) is 0 Å². The van der Waals surface area contributed by atoms with Crippen LogP contribution in [0.3, 0.4) is 0 Å². The number of carbonyl (C=O) groups is 1. The summed E-state index contributed by atoms with van der Waals surface area (Å²) in [5, 5.41) is 0. The van der Waals surface area contributed by atoms with Gasteiger partial charge in [-0.2, -0.15) is 0 Å². The first-order valence-electron chi connectivity index (χ1n) is 4.26. The summed E-state index contributed by atoms with van der Waals surface area (Å²) >= 11 is 0. The van der Waals surface area contributed by atoms with Crippen LogP contribution in [0.25, 0.3) is 0 Å². The fourth-order valence-electron chi connectivity index (χ4n) is 1.10. The molecule has 0 heterocycles. The summed E-state index contributed by atoms with van der Waals surface area (Å²) in [6.45, 7) is 7.84. The average Bonchev–Trinajstić information content (AvgIpc) is 1.85. The Bertz CT molecular complexity index is 121. The van der Waals surface area contributed by atoms with Crippen LogP contribution >= 0.6 is 0 Å². The van der Waals surface area contributed by atoms with Crippen molar-refractivity contribution in [3.8, 4) is 0 Å². The van der Waals surface area contributed by atoms with Crippen LogP contribution in [0.15, 0.2) is 0 Å². The largest absolute Gasteiger partial charge is 0.299 e. The molecule has 0 aromatic rings. The number of ketones is 1. The molecule has 0 fully saturated rings. The van der Waals surface area contributed by atoms with Crippen molar-refractivity contribution >= 4 is 5.78 Å². The van der Waals surface area contributed by atoms with Gasteiger partial charge in [0.2, 0.25) is 0 Å². The lowest BCUT2D eigenvalue weighted by Crippen LogP contribution is -2.28. The van der Waals surface area contributed by atoms with E-state index < -0.39 is 0 Å². The number of rotatable bonds is 5. The van der Waals surface area contributed by atoms with Crippen LogP contribution in [0.5, 0.6) is 0 Å². The summed E-state index contributed by atoms with van der Waals surface area (Å²) in [7, 11) is 1.99. The molecule has 0 saturated carbocycles. The van der Waals surface area contributed by atoms with Crippen molar-refractivity contribution in [3.05, 3.63) is 0 Å². The minimum Gasteiger partial charge on any atom is -0.299 e. The van der Waals surface area contributed by atoms with E-state index in [4.69, 9.17) is 0 Å². The predicted molar refractivity (Wildman–Crippen MR) is 47.6 cm³/mol. The van der Waals surface area contributed by atoms with Gasteiger partial charge in [0.15, 0.2) is 0 Å². The third-order valence-electron chi connectivity index (χ3n) is 1.52. The van der Waals surface area contributed by atoms with E-state index >= 15 is 0 Å². The molecule has 0 spiro atoms. The molecule has 0 saturated heterocycles. The van der Waals surface area contributed by atoms with E-state index in [0.717, 1.165) is 6.54 Å². The standard InChI is InChI=1S/C9H19NO/c1-5-9(11)7-10(4)6-8(2)3/h8H,5-7H2,1-4H3. The van der Waals surface area contributed by atoms with E-state index in [0.29, 0.717) is 24.7 Å². The van der Waals surface area contributed by atoms with Gasteiger partial charge in [0.05, 0.1) is 6.54 Å². The van der Waals surface area contributed by atoms with Crippen LogP contribution in [0.4, 0.5) is 0 Å². The molecular weight excluding hydrogens is 138 g/mol. The monoisotopic (exact) mass is 157 g/mol. The maximum absolute atomic E-state index is 11.0. The fraction of sp³-hybridized carbons (Fsp3) is 0.889. The highest BCUT2D eigenvalue weighted by atomic mass is 16.1. The maximum atomic E-state index is 11.0. The molecule has 2 heteroatoms. The Kier molecular flexibility index (Phi) is 5.12. The normalized spacial score (nSPS) is 11.1. The molecule has 0 aliphatic carbocycles. The average molecular weight is 157 g/mol. The van der Waals surface area contributed by atoms with Crippen molar-refractivity contribution in [2.75, 3.05) is 20.1 Å². The number of nitrogens with zero attached hydrogens (tertiary/aromatic N) is 1. The van der Waals surface area contributed by atoms with Gasteiger partial charge in [0.25, 0.3) is 0 Å². The molecule has 0 atom stereocenters. The van der Waals surface area contributed by atoms with Gasteiger partial charge in [-0.3, -0.25) is 9.69 Å². The Hall–Kier alpha value is -0.370. The first-order valence-corrected chi connectivity index (χ1v) is 4.26. The second-order valence-electron chi connectivity index (χ2n) is 3.48. The first-order chi connectivity index (χ1) is 5.06. The van der Waals surface area contributed by atoms with Crippen LogP contribution in [0.1, 0.15) is 27.2 Å². The highest BCUT2D eigenvalue weighted by Gasteiger charge is 2.05. The Balaban J connectivity index is 3.51. The lowest BCUT2D eigenvalue weighted by Gasteiger charge is -2.17. The minimum atomic E-state index is 0.327. The maximum Gasteiger partial charge on any atom is 0.146 e. The third kappa shape index (κ3) is 6.05. The van der Waals surface area contributed by atoms with E-state index in [9.17, 15) is 4.79 Å². The quantitative estimate of drug-likeness (QED) is 0.603. The van der Waals surface area contributed by atoms with E-state index in [2.05, 4.69) is 18.7 Å². The number of hydrogen-bond acceptors (Lipinski definition) is 2. The zero-order valence-electron chi connectivity index (χ0n) is 8.05. The molecule has 0 radical (unpaired) electrons. The molecule has 2 nitrogen and oxygen atoms in total. The summed E-state index contributed by atoms with van der Waals surface area (Å²) < 4.78 is 0. The second kappa shape index (κ2) is 5.30. The predicted octanol–water partition coefficient (Wildman–Crippen LogP) is 1.55. The van der Waals surface area contributed by atoms with Crippen molar-refractivity contribution in [1.82, 2.24) is 4.90 Å². The Morgan fingerprint density at radius 1 is 1.45 bits per heavy atom. The van der Waals surface area contributed by atoms with Crippen LogP contribution in [-0.2, 0) is 4.79 Å². The van der Waals surface area contributed by atoms with E-state index in [1.165, 1.54) is 0 Å². The molecule has 0 aromatic heterocycles. The summed E-state index contributed by atoms with van der Waals surface area (Å²) in [5.41, 5.74) is 0. The number of hydrogen-bond donors (Lipinski definition) is 0. The summed E-state index contributed by atoms with van der Waals surface area (Å²) in [4.78, 5) is 13.0. The zero-order valence-corrected chi connectivity index (χ0v) is 8.05. The van der Waals surface area contributed by atoms with E-state index in [1.807, 2.05) is 14.0 Å². The molecule has 0 amide bonds. The zero-order chi connectivity index (χ0) is 8.85.